The average molecular weight is 478 g/mol. The maximum absolute atomic E-state index is 13.0. The summed E-state index contributed by atoms with van der Waals surface area (Å²) in [5, 5.41) is 3.84. The lowest BCUT2D eigenvalue weighted by molar-refractivity contribution is -0.113. The van der Waals surface area contributed by atoms with Gasteiger partial charge in [0.1, 0.15) is 0 Å². The van der Waals surface area contributed by atoms with E-state index in [4.69, 9.17) is 0 Å². The second-order valence-corrected chi connectivity index (χ2v) is 9.17. The number of benzene rings is 2. The first-order chi connectivity index (χ1) is 15.5. The third-order valence-corrected chi connectivity index (χ3v) is 6.46. The summed E-state index contributed by atoms with van der Waals surface area (Å²) >= 11 is 1.67. The summed E-state index contributed by atoms with van der Waals surface area (Å²) in [6, 6.07) is 13.5. The summed E-state index contributed by atoms with van der Waals surface area (Å²) < 4.78 is 26.5. The van der Waals surface area contributed by atoms with Crippen molar-refractivity contribution >= 4 is 46.0 Å². The lowest BCUT2D eigenvalue weighted by Gasteiger charge is -2.13. The van der Waals surface area contributed by atoms with Gasteiger partial charge in [0.2, 0.25) is 5.91 Å². The monoisotopic (exact) mass is 477 g/mol. The Hall–Kier alpha value is -2.39. The van der Waals surface area contributed by atoms with Gasteiger partial charge in [0.05, 0.1) is 16.7 Å². The number of nitrogens with one attached hydrogen (secondary N) is 1. The van der Waals surface area contributed by atoms with E-state index in [1.807, 2.05) is 12.1 Å². The molecule has 1 amide bonds. The molecule has 0 atom stereocenters. The summed E-state index contributed by atoms with van der Waals surface area (Å²) in [6.07, 6.45) is 4.11. The van der Waals surface area contributed by atoms with E-state index in [1.54, 1.807) is 41.0 Å². The number of rotatable bonds is 11. The Balaban J connectivity index is 1.69. The molecule has 170 valence electrons. The van der Waals surface area contributed by atoms with Crippen LogP contribution in [0.3, 0.4) is 0 Å². The normalized spacial score (nSPS) is 11.2. The zero-order chi connectivity index (χ0) is 22.9. The Morgan fingerprint density at radius 3 is 2.56 bits per heavy atom. The van der Waals surface area contributed by atoms with Gasteiger partial charge < -0.3 is 5.32 Å². The summed E-state index contributed by atoms with van der Waals surface area (Å²) in [7, 11) is 0. The minimum Gasteiger partial charge on any atom is -0.325 e. The molecule has 5 nitrogen and oxygen atoms in total. The number of aromatic nitrogens is 2. The molecule has 2 aromatic carbocycles. The van der Waals surface area contributed by atoms with Gasteiger partial charge in [0, 0.05) is 17.1 Å². The number of alkyl halides is 2. The molecule has 32 heavy (non-hydrogen) atoms. The third kappa shape index (κ3) is 6.80. The molecule has 3 rings (SSSR count). The standard InChI is InChI=1S/C23H25F2N3O2S2/c1-2-3-4-7-14-28-21(30)18-8-5-6-9-19(18)27-23(28)31-15-20(29)26-16-10-12-17(13-11-16)32-22(24)25/h5-6,8-13,22H,2-4,7,14-15H2,1H3,(H,26,29). The molecule has 0 radical (unpaired) electrons. The Kier molecular flexibility index (Phi) is 9.11. The van der Waals surface area contributed by atoms with E-state index < -0.39 is 5.76 Å². The van der Waals surface area contributed by atoms with Crippen molar-refractivity contribution in [1.82, 2.24) is 9.55 Å². The van der Waals surface area contributed by atoms with Crippen molar-refractivity contribution in [1.29, 1.82) is 0 Å². The molecule has 0 spiro atoms. The van der Waals surface area contributed by atoms with Crippen molar-refractivity contribution in [3.63, 3.8) is 0 Å². The lowest BCUT2D eigenvalue weighted by Crippen LogP contribution is -2.24. The number of halogens is 2. The van der Waals surface area contributed by atoms with E-state index in [2.05, 4.69) is 17.2 Å². The first kappa shape index (κ1) is 24.3. The Morgan fingerprint density at radius 1 is 1.09 bits per heavy atom. The van der Waals surface area contributed by atoms with Crippen LogP contribution in [-0.2, 0) is 11.3 Å². The minimum absolute atomic E-state index is 0.0767. The molecule has 0 unspecified atom stereocenters. The van der Waals surface area contributed by atoms with E-state index in [1.165, 1.54) is 11.8 Å². The van der Waals surface area contributed by atoms with Gasteiger partial charge in [-0.2, -0.15) is 8.78 Å². The highest BCUT2D eigenvalue weighted by Gasteiger charge is 2.13. The van der Waals surface area contributed by atoms with Gasteiger partial charge in [0.15, 0.2) is 5.16 Å². The van der Waals surface area contributed by atoms with Crippen LogP contribution < -0.4 is 10.9 Å². The number of fused-ring (bicyclic) bond motifs is 1. The van der Waals surface area contributed by atoms with Crippen LogP contribution in [0, 0.1) is 0 Å². The molecule has 0 aliphatic rings. The smallest absolute Gasteiger partial charge is 0.288 e. The number of carbonyl (C=O) groups excluding carboxylic acids is 1. The number of para-hydroxylation sites is 1. The van der Waals surface area contributed by atoms with Crippen molar-refractivity contribution in [3.05, 3.63) is 58.9 Å². The molecule has 0 aliphatic heterocycles. The summed E-state index contributed by atoms with van der Waals surface area (Å²) in [5.41, 5.74) is 1.04. The van der Waals surface area contributed by atoms with Gasteiger partial charge >= 0.3 is 0 Å². The fourth-order valence-electron chi connectivity index (χ4n) is 3.20. The van der Waals surface area contributed by atoms with Crippen LogP contribution in [0.25, 0.3) is 10.9 Å². The molecule has 0 aliphatic carbocycles. The van der Waals surface area contributed by atoms with Gasteiger partial charge in [-0.15, -0.1) is 0 Å². The highest BCUT2D eigenvalue weighted by Crippen LogP contribution is 2.26. The minimum atomic E-state index is -2.49. The largest absolute Gasteiger partial charge is 0.325 e. The van der Waals surface area contributed by atoms with Crippen molar-refractivity contribution in [3.8, 4) is 0 Å². The number of anilines is 1. The van der Waals surface area contributed by atoms with Crippen LogP contribution in [0.4, 0.5) is 14.5 Å². The number of amides is 1. The molecular weight excluding hydrogens is 452 g/mol. The first-order valence-corrected chi connectivity index (χ1v) is 12.3. The second kappa shape index (κ2) is 12.0. The Labute approximate surface area is 194 Å². The van der Waals surface area contributed by atoms with Gasteiger partial charge in [-0.25, -0.2) is 4.98 Å². The lowest BCUT2D eigenvalue weighted by atomic mass is 10.2. The second-order valence-electron chi connectivity index (χ2n) is 7.17. The summed E-state index contributed by atoms with van der Waals surface area (Å²) in [6.45, 7) is 2.69. The van der Waals surface area contributed by atoms with Crippen molar-refractivity contribution < 1.29 is 13.6 Å². The van der Waals surface area contributed by atoms with Crippen LogP contribution in [0.5, 0.6) is 0 Å². The fourth-order valence-corrected chi connectivity index (χ4v) is 4.52. The number of unbranched alkanes of at least 4 members (excludes halogenated alkanes) is 3. The Morgan fingerprint density at radius 2 is 1.84 bits per heavy atom. The molecule has 0 fully saturated rings. The summed E-state index contributed by atoms with van der Waals surface area (Å²) in [5.74, 6) is -2.67. The number of hydrogen-bond acceptors (Lipinski definition) is 5. The number of nitrogens with zero attached hydrogens (tertiary/aromatic N) is 2. The van der Waals surface area contributed by atoms with E-state index in [0.717, 1.165) is 25.7 Å². The number of hydrogen-bond donors (Lipinski definition) is 1. The molecule has 3 aromatic rings. The first-order valence-electron chi connectivity index (χ1n) is 10.4. The molecular formula is C23H25F2N3O2S2. The van der Waals surface area contributed by atoms with E-state index in [-0.39, 0.29) is 17.2 Å². The maximum atomic E-state index is 13.0. The van der Waals surface area contributed by atoms with E-state index >= 15 is 0 Å². The molecule has 0 saturated heterocycles. The van der Waals surface area contributed by atoms with Gasteiger partial charge in [-0.3, -0.25) is 14.2 Å². The third-order valence-electron chi connectivity index (χ3n) is 4.76. The quantitative estimate of drug-likeness (QED) is 0.208. The Bertz CT molecular complexity index is 1100. The molecule has 0 saturated carbocycles. The average Bonchev–Trinajstić information content (AvgIpc) is 2.77. The van der Waals surface area contributed by atoms with Crippen LogP contribution in [0.2, 0.25) is 0 Å². The highest BCUT2D eigenvalue weighted by atomic mass is 32.2. The zero-order valence-electron chi connectivity index (χ0n) is 17.7. The van der Waals surface area contributed by atoms with Crippen LogP contribution >= 0.6 is 23.5 Å². The molecule has 1 heterocycles. The molecule has 1 N–H and O–H groups in total. The predicted octanol–water partition coefficient (Wildman–Crippen LogP) is 6.02. The van der Waals surface area contributed by atoms with Crippen molar-refractivity contribution in [2.75, 3.05) is 11.1 Å². The number of carbonyl (C=O) groups is 1. The molecule has 9 heteroatoms. The summed E-state index contributed by atoms with van der Waals surface area (Å²) in [4.78, 5) is 30.5. The van der Waals surface area contributed by atoms with Crippen molar-refractivity contribution in [2.45, 2.75) is 55.0 Å². The van der Waals surface area contributed by atoms with E-state index in [9.17, 15) is 18.4 Å². The van der Waals surface area contributed by atoms with Crippen LogP contribution in [0.15, 0.2) is 63.4 Å². The van der Waals surface area contributed by atoms with Gasteiger partial charge in [-0.05, 0) is 42.8 Å². The maximum Gasteiger partial charge on any atom is 0.288 e. The topological polar surface area (TPSA) is 64.0 Å². The van der Waals surface area contributed by atoms with Gasteiger partial charge in [-0.1, -0.05) is 61.8 Å². The van der Waals surface area contributed by atoms with Crippen LogP contribution in [0.1, 0.15) is 32.6 Å². The van der Waals surface area contributed by atoms with Crippen LogP contribution in [-0.4, -0.2) is 27.0 Å². The zero-order valence-corrected chi connectivity index (χ0v) is 19.4. The fraction of sp³-hybridized carbons (Fsp3) is 0.348. The van der Waals surface area contributed by atoms with E-state index in [0.29, 0.717) is 44.9 Å². The van der Waals surface area contributed by atoms with Gasteiger partial charge in [0.25, 0.3) is 11.3 Å². The SMILES string of the molecule is CCCCCCn1c(SCC(=O)Nc2ccc(SC(F)F)cc2)nc2ccccc2c1=O. The molecule has 0 bridgehead atoms. The number of thioether (sulfide) groups is 2. The highest BCUT2D eigenvalue weighted by molar-refractivity contribution is 8.00. The molecule has 1 aromatic heterocycles. The van der Waals surface area contributed by atoms with Crippen molar-refractivity contribution in [2.24, 2.45) is 0 Å². The predicted molar refractivity (Wildman–Crippen MR) is 128 cm³/mol.